The number of rotatable bonds is 9. The molecule has 2 aromatic carbocycles. The van der Waals surface area contributed by atoms with Gasteiger partial charge in [-0.3, -0.25) is 4.79 Å². The Kier molecular flexibility index (Phi) is 7.83. The monoisotopic (exact) mass is 390 g/mol. The van der Waals surface area contributed by atoms with Crippen LogP contribution in [0.5, 0.6) is 5.75 Å². The minimum absolute atomic E-state index is 0.140. The molecule has 0 aliphatic rings. The third-order valence-corrected chi connectivity index (χ3v) is 4.55. The predicted octanol–water partition coefficient (Wildman–Crippen LogP) is 5.27. The maximum atomic E-state index is 11.1. The van der Waals surface area contributed by atoms with Crippen LogP contribution in [-0.4, -0.2) is 25.0 Å². The SMILES string of the molecule is COC(=O)CCCC/C=C(/CBr)COc1cccc2ccccc12. The molecule has 0 spiro atoms. The number of hydrogen-bond donors (Lipinski definition) is 0. The summed E-state index contributed by atoms with van der Waals surface area (Å²) >= 11 is 3.52. The number of carbonyl (C=O) groups excluding carboxylic acids is 1. The van der Waals surface area contributed by atoms with Gasteiger partial charge in [-0.25, -0.2) is 0 Å². The van der Waals surface area contributed by atoms with E-state index in [0.717, 1.165) is 35.7 Å². The lowest BCUT2D eigenvalue weighted by atomic mass is 10.1. The van der Waals surface area contributed by atoms with Crippen molar-refractivity contribution in [1.29, 1.82) is 0 Å². The fourth-order valence-electron chi connectivity index (χ4n) is 2.47. The third kappa shape index (κ3) is 5.68. The van der Waals surface area contributed by atoms with Crippen molar-refractivity contribution in [3.05, 3.63) is 54.1 Å². The molecule has 128 valence electrons. The second-order valence-corrected chi connectivity index (χ2v) is 6.14. The molecule has 0 saturated carbocycles. The maximum absolute atomic E-state index is 11.1. The molecule has 4 heteroatoms. The highest BCUT2D eigenvalue weighted by atomic mass is 79.9. The first kappa shape index (κ1) is 18.5. The van der Waals surface area contributed by atoms with Gasteiger partial charge in [0.1, 0.15) is 12.4 Å². The summed E-state index contributed by atoms with van der Waals surface area (Å²) in [6.07, 6.45) is 5.44. The first-order valence-electron chi connectivity index (χ1n) is 8.16. The smallest absolute Gasteiger partial charge is 0.305 e. The van der Waals surface area contributed by atoms with Crippen LogP contribution < -0.4 is 4.74 Å². The zero-order chi connectivity index (χ0) is 17.2. The molecule has 0 heterocycles. The predicted molar refractivity (Wildman–Crippen MR) is 102 cm³/mol. The van der Waals surface area contributed by atoms with E-state index in [-0.39, 0.29) is 5.97 Å². The number of unbranched alkanes of at least 4 members (excludes halogenated alkanes) is 2. The van der Waals surface area contributed by atoms with Crippen molar-refractivity contribution in [2.45, 2.75) is 25.7 Å². The number of fused-ring (bicyclic) bond motifs is 1. The van der Waals surface area contributed by atoms with E-state index in [1.807, 2.05) is 24.3 Å². The summed E-state index contributed by atoms with van der Waals surface area (Å²) in [5.41, 5.74) is 1.21. The standard InChI is InChI=1S/C20H23BrO3/c1-23-20(22)13-4-2-3-8-16(14-21)15-24-19-12-7-10-17-9-5-6-11-18(17)19/h5-12H,2-4,13-15H2,1H3/b16-8-. The summed E-state index contributed by atoms with van der Waals surface area (Å²) in [5.74, 6) is 0.768. The Bertz CT molecular complexity index is 689. The van der Waals surface area contributed by atoms with Gasteiger partial charge in [-0.2, -0.15) is 0 Å². The number of esters is 1. The van der Waals surface area contributed by atoms with Crippen molar-refractivity contribution in [2.75, 3.05) is 19.0 Å². The number of allylic oxidation sites excluding steroid dienone is 1. The summed E-state index contributed by atoms with van der Waals surface area (Å²) < 4.78 is 10.7. The number of carbonyl (C=O) groups is 1. The average molecular weight is 391 g/mol. The van der Waals surface area contributed by atoms with Crippen LogP contribution in [-0.2, 0) is 9.53 Å². The first-order valence-corrected chi connectivity index (χ1v) is 9.28. The Labute approximate surface area is 151 Å². The van der Waals surface area contributed by atoms with Crippen LogP contribution >= 0.6 is 15.9 Å². The van der Waals surface area contributed by atoms with Crippen LogP contribution in [0.2, 0.25) is 0 Å². The first-order chi connectivity index (χ1) is 11.7. The van der Waals surface area contributed by atoms with E-state index in [9.17, 15) is 4.79 Å². The Morgan fingerprint density at radius 2 is 1.92 bits per heavy atom. The zero-order valence-electron chi connectivity index (χ0n) is 14.0. The molecule has 0 aliphatic carbocycles. The van der Waals surface area contributed by atoms with Crippen LogP contribution in [0.3, 0.4) is 0 Å². The number of hydrogen-bond acceptors (Lipinski definition) is 3. The Morgan fingerprint density at radius 1 is 1.12 bits per heavy atom. The molecule has 2 rings (SSSR count). The summed E-state index contributed by atoms with van der Waals surface area (Å²) in [6, 6.07) is 14.3. The number of alkyl halides is 1. The molecule has 0 atom stereocenters. The van der Waals surface area contributed by atoms with E-state index in [0.29, 0.717) is 13.0 Å². The quantitative estimate of drug-likeness (QED) is 0.253. The van der Waals surface area contributed by atoms with Gasteiger partial charge < -0.3 is 9.47 Å². The minimum atomic E-state index is -0.140. The van der Waals surface area contributed by atoms with Gasteiger partial charge in [0, 0.05) is 17.1 Å². The molecule has 0 aromatic heterocycles. The number of halogens is 1. The molecule has 0 bridgehead atoms. The van der Waals surface area contributed by atoms with Crippen LogP contribution in [0.4, 0.5) is 0 Å². The van der Waals surface area contributed by atoms with Gasteiger partial charge in [-0.15, -0.1) is 0 Å². The molecule has 2 aromatic rings. The molecule has 0 N–H and O–H groups in total. The van der Waals surface area contributed by atoms with E-state index >= 15 is 0 Å². The van der Waals surface area contributed by atoms with Crippen molar-refractivity contribution >= 4 is 32.7 Å². The van der Waals surface area contributed by atoms with Gasteiger partial charge in [0.15, 0.2) is 0 Å². The van der Waals surface area contributed by atoms with Crippen LogP contribution in [0.15, 0.2) is 54.1 Å². The van der Waals surface area contributed by atoms with E-state index < -0.39 is 0 Å². The van der Waals surface area contributed by atoms with Crippen LogP contribution in [0.1, 0.15) is 25.7 Å². The Hall–Kier alpha value is -1.81. The van der Waals surface area contributed by atoms with E-state index in [1.54, 1.807) is 0 Å². The maximum Gasteiger partial charge on any atom is 0.305 e. The largest absolute Gasteiger partial charge is 0.489 e. The van der Waals surface area contributed by atoms with Gasteiger partial charge >= 0.3 is 5.97 Å². The zero-order valence-corrected chi connectivity index (χ0v) is 15.6. The second-order valence-electron chi connectivity index (χ2n) is 5.58. The molecule has 0 unspecified atom stereocenters. The summed E-state index contributed by atoms with van der Waals surface area (Å²) in [4.78, 5) is 11.1. The highest BCUT2D eigenvalue weighted by Crippen LogP contribution is 2.25. The molecule has 24 heavy (non-hydrogen) atoms. The van der Waals surface area contributed by atoms with Gasteiger partial charge in [0.05, 0.1) is 7.11 Å². The van der Waals surface area contributed by atoms with Crippen molar-refractivity contribution < 1.29 is 14.3 Å². The topological polar surface area (TPSA) is 35.5 Å². The highest BCUT2D eigenvalue weighted by molar-refractivity contribution is 9.09. The molecule has 0 amide bonds. The van der Waals surface area contributed by atoms with Crippen molar-refractivity contribution in [1.82, 2.24) is 0 Å². The van der Waals surface area contributed by atoms with Crippen molar-refractivity contribution in [3.63, 3.8) is 0 Å². The number of benzene rings is 2. The average Bonchev–Trinajstić information content (AvgIpc) is 2.63. The van der Waals surface area contributed by atoms with Gasteiger partial charge in [-0.1, -0.05) is 58.4 Å². The number of ether oxygens (including phenoxy) is 2. The third-order valence-electron chi connectivity index (χ3n) is 3.83. The second kappa shape index (κ2) is 10.1. The number of methoxy groups -OCH3 is 1. The van der Waals surface area contributed by atoms with E-state index in [4.69, 9.17) is 4.74 Å². The van der Waals surface area contributed by atoms with Gasteiger partial charge in [0.25, 0.3) is 0 Å². The van der Waals surface area contributed by atoms with Crippen molar-refractivity contribution in [3.8, 4) is 5.75 Å². The van der Waals surface area contributed by atoms with Gasteiger partial charge in [0.2, 0.25) is 0 Å². The summed E-state index contributed by atoms with van der Waals surface area (Å²) in [7, 11) is 1.43. The van der Waals surface area contributed by atoms with E-state index in [1.165, 1.54) is 18.1 Å². The Morgan fingerprint density at radius 3 is 2.71 bits per heavy atom. The molecule has 0 saturated heterocycles. The fraction of sp³-hybridized carbons (Fsp3) is 0.350. The lowest BCUT2D eigenvalue weighted by Crippen LogP contribution is -2.03. The summed E-state index contributed by atoms with van der Waals surface area (Å²) in [6.45, 7) is 0.566. The Balaban J connectivity index is 1.86. The lowest BCUT2D eigenvalue weighted by Gasteiger charge is -2.11. The van der Waals surface area contributed by atoms with Crippen LogP contribution in [0.25, 0.3) is 10.8 Å². The fourth-order valence-corrected chi connectivity index (χ4v) is 2.86. The molecular formula is C20H23BrO3. The molecular weight excluding hydrogens is 368 g/mol. The molecule has 0 aliphatic heterocycles. The summed E-state index contributed by atoms with van der Waals surface area (Å²) in [5, 5.41) is 3.10. The molecule has 3 nitrogen and oxygen atoms in total. The molecule has 0 fully saturated rings. The van der Waals surface area contributed by atoms with Gasteiger partial charge in [-0.05, 0) is 36.3 Å². The van der Waals surface area contributed by atoms with E-state index in [2.05, 4.69) is 44.9 Å². The van der Waals surface area contributed by atoms with Crippen LogP contribution in [0, 0.1) is 0 Å². The highest BCUT2D eigenvalue weighted by Gasteiger charge is 2.03. The molecule has 0 radical (unpaired) electrons. The van der Waals surface area contributed by atoms with Crippen molar-refractivity contribution in [2.24, 2.45) is 0 Å². The normalized spacial score (nSPS) is 11.5. The lowest BCUT2D eigenvalue weighted by molar-refractivity contribution is -0.140. The minimum Gasteiger partial charge on any atom is -0.489 e.